The molecule has 0 radical (unpaired) electrons. The van der Waals surface area contributed by atoms with Gasteiger partial charge in [0, 0.05) is 22.9 Å². The van der Waals surface area contributed by atoms with Crippen molar-refractivity contribution in [2.24, 2.45) is 11.8 Å². The maximum absolute atomic E-state index is 13.7. The molecule has 33 heavy (non-hydrogen) atoms. The number of nitrogens with one attached hydrogen (secondary N) is 1. The second kappa shape index (κ2) is 10.2. The predicted octanol–water partition coefficient (Wildman–Crippen LogP) is 4.04. The van der Waals surface area contributed by atoms with Crippen molar-refractivity contribution in [1.82, 2.24) is 5.32 Å². The van der Waals surface area contributed by atoms with Gasteiger partial charge in [-0.1, -0.05) is 26.0 Å². The topological polar surface area (TPSA) is 90.9 Å². The van der Waals surface area contributed by atoms with Crippen LogP contribution in [0.5, 0.6) is 5.75 Å². The Morgan fingerprint density at radius 2 is 1.85 bits per heavy atom. The zero-order valence-electron chi connectivity index (χ0n) is 20.2. The van der Waals surface area contributed by atoms with Crippen LogP contribution in [0.2, 0.25) is 0 Å². The lowest BCUT2D eigenvalue weighted by atomic mass is 9.69. The summed E-state index contributed by atoms with van der Waals surface area (Å²) in [5.74, 6) is -2.43. The third-order valence-electron chi connectivity index (χ3n) is 6.37. The number of dihydropyridines is 1. The molecule has 0 saturated carbocycles. The number of carbonyl (C=O) groups excluding carboxylic acids is 3. The van der Waals surface area contributed by atoms with Gasteiger partial charge in [-0.3, -0.25) is 9.59 Å². The molecule has 1 N–H and O–H groups in total. The third-order valence-corrected chi connectivity index (χ3v) is 6.37. The summed E-state index contributed by atoms with van der Waals surface area (Å²) in [5.41, 5.74) is 2.95. The first-order chi connectivity index (χ1) is 15.7. The van der Waals surface area contributed by atoms with Crippen LogP contribution in [0.1, 0.15) is 58.9 Å². The average molecular weight is 456 g/mol. The van der Waals surface area contributed by atoms with Gasteiger partial charge in [0.15, 0.2) is 5.78 Å². The number of rotatable bonds is 7. The van der Waals surface area contributed by atoms with Crippen LogP contribution in [0, 0.1) is 11.8 Å². The maximum Gasteiger partial charge on any atom is 0.337 e. The molecule has 3 rings (SSSR count). The van der Waals surface area contributed by atoms with E-state index < -0.39 is 23.8 Å². The van der Waals surface area contributed by atoms with E-state index in [0.29, 0.717) is 42.0 Å². The van der Waals surface area contributed by atoms with Gasteiger partial charge in [0.25, 0.3) is 0 Å². The molecule has 1 aliphatic carbocycles. The molecule has 0 saturated heterocycles. The molecular formula is C26H33NO6. The Morgan fingerprint density at radius 3 is 2.42 bits per heavy atom. The van der Waals surface area contributed by atoms with E-state index >= 15 is 0 Å². The molecule has 0 spiro atoms. The van der Waals surface area contributed by atoms with Crippen LogP contribution in [-0.4, -0.2) is 37.5 Å². The fraction of sp³-hybridized carbons (Fsp3) is 0.500. The second-order valence-corrected chi connectivity index (χ2v) is 8.66. The van der Waals surface area contributed by atoms with Crippen LogP contribution in [-0.2, 0) is 23.9 Å². The molecule has 1 aromatic carbocycles. The monoisotopic (exact) mass is 455 g/mol. The van der Waals surface area contributed by atoms with E-state index in [9.17, 15) is 14.4 Å². The van der Waals surface area contributed by atoms with E-state index in [-0.39, 0.29) is 17.8 Å². The Bertz CT molecular complexity index is 991. The van der Waals surface area contributed by atoms with Crippen molar-refractivity contribution in [2.45, 2.75) is 59.5 Å². The third kappa shape index (κ3) is 4.82. The Labute approximate surface area is 195 Å². The van der Waals surface area contributed by atoms with E-state index in [0.717, 1.165) is 11.3 Å². The zero-order valence-corrected chi connectivity index (χ0v) is 20.2. The van der Waals surface area contributed by atoms with Crippen molar-refractivity contribution >= 4 is 17.7 Å². The number of hydrogen-bond acceptors (Lipinski definition) is 7. The second-order valence-electron chi connectivity index (χ2n) is 8.66. The summed E-state index contributed by atoms with van der Waals surface area (Å²) in [7, 11) is 1.29. The molecule has 1 aliphatic heterocycles. The van der Waals surface area contributed by atoms with Crippen LogP contribution < -0.4 is 10.1 Å². The first kappa shape index (κ1) is 24.6. The average Bonchev–Trinajstić information content (AvgIpc) is 2.78. The molecule has 0 amide bonds. The Balaban J connectivity index is 2.14. The quantitative estimate of drug-likeness (QED) is 0.490. The molecule has 0 fully saturated rings. The van der Waals surface area contributed by atoms with Crippen LogP contribution >= 0.6 is 0 Å². The molecule has 1 heterocycles. The van der Waals surface area contributed by atoms with Crippen molar-refractivity contribution in [3.8, 4) is 5.75 Å². The highest BCUT2D eigenvalue weighted by molar-refractivity contribution is 6.12. The number of ketones is 1. The predicted molar refractivity (Wildman–Crippen MR) is 123 cm³/mol. The van der Waals surface area contributed by atoms with Gasteiger partial charge in [0.05, 0.1) is 25.4 Å². The van der Waals surface area contributed by atoms with Crippen LogP contribution in [0.15, 0.2) is 46.8 Å². The lowest BCUT2D eigenvalue weighted by molar-refractivity contribution is -0.151. The number of carbonyl (C=O) groups is 3. The molecule has 0 bridgehead atoms. The minimum Gasteiger partial charge on any atom is -0.494 e. The van der Waals surface area contributed by atoms with Crippen LogP contribution in [0.3, 0.4) is 0 Å². The first-order valence-corrected chi connectivity index (χ1v) is 11.5. The number of hydrogen-bond donors (Lipinski definition) is 1. The molecule has 2 aliphatic rings. The number of methoxy groups -OCH3 is 1. The number of allylic oxidation sites excluding steroid dienone is 3. The zero-order chi connectivity index (χ0) is 24.3. The maximum atomic E-state index is 13.7. The molecular weight excluding hydrogens is 422 g/mol. The summed E-state index contributed by atoms with van der Waals surface area (Å²) in [6.07, 6.45) is 0.909. The van der Waals surface area contributed by atoms with E-state index in [4.69, 9.17) is 14.2 Å². The summed E-state index contributed by atoms with van der Waals surface area (Å²) >= 11 is 0. The Morgan fingerprint density at radius 1 is 1.18 bits per heavy atom. The van der Waals surface area contributed by atoms with E-state index in [2.05, 4.69) is 5.32 Å². The SMILES string of the molecule is CCOc1ccc(C2C(C(=O)OC(C)CC)=C(C)NC3=C2C(=O)C(C(=O)OC)C(C)C3)cc1. The smallest absolute Gasteiger partial charge is 0.337 e. The summed E-state index contributed by atoms with van der Waals surface area (Å²) in [4.78, 5) is 39.4. The van der Waals surface area contributed by atoms with E-state index in [1.807, 2.05) is 58.9 Å². The van der Waals surface area contributed by atoms with Crippen LogP contribution in [0.25, 0.3) is 0 Å². The Hall–Kier alpha value is -3.09. The van der Waals surface area contributed by atoms with Gasteiger partial charge in [0.1, 0.15) is 11.7 Å². The molecule has 7 heteroatoms. The van der Waals surface area contributed by atoms with Gasteiger partial charge < -0.3 is 19.5 Å². The van der Waals surface area contributed by atoms with Gasteiger partial charge in [-0.05, 0) is 57.2 Å². The standard InChI is InChI=1S/C26H33NO6/c1-7-15(4)33-26(30)21-16(5)27-19-13-14(3)20(25(29)31-6)24(28)23(19)22(21)17-9-11-18(12-10-17)32-8-2/h9-12,14-15,20,22,27H,7-8,13H2,1-6H3. The van der Waals surface area contributed by atoms with E-state index in [1.54, 1.807) is 0 Å². The van der Waals surface area contributed by atoms with Gasteiger partial charge in [-0.2, -0.15) is 0 Å². The largest absolute Gasteiger partial charge is 0.494 e. The number of esters is 2. The summed E-state index contributed by atoms with van der Waals surface area (Å²) in [6, 6.07) is 7.35. The summed E-state index contributed by atoms with van der Waals surface area (Å²) in [6.45, 7) is 9.90. The molecule has 7 nitrogen and oxygen atoms in total. The van der Waals surface area contributed by atoms with Crippen molar-refractivity contribution in [3.63, 3.8) is 0 Å². The number of Topliss-reactive ketones (excluding diaryl/α,β-unsaturated/α-hetero) is 1. The molecule has 4 unspecified atom stereocenters. The lowest BCUT2D eigenvalue weighted by Crippen LogP contribution is -2.43. The van der Waals surface area contributed by atoms with Crippen molar-refractivity contribution in [1.29, 1.82) is 0 Å². The molecule has 178 valence electrons. The highest BCUT2D eigenvalue weighted by atomic mass is 16.5. The highest BCUT2D eigenvalue weighted by Crippen LogP contribution is 2.45. The Kier molecular flexibility index (Phi) is 7.61. The van der Waals surface area contributed by atoms with Gasteiger partial charge in [0.2, 0.25) is 0 Å². The molecule has 0 aromatic heterocycles. The van der Waals surface area contributed by atoms with E-state index in [1.165, 1.54) is 7.11 Å². The number of benzene rings is 1. The van der Waals surface area contributed by atoms with Gasteiger partial charge in [-0.15, -0.1) is 0 Å². The fourth-order valence-electron chi connectivity index (χ4n) is 4.54. The van der Waals surface area contributed by atoms with Crippen molar-refractivity contribution in [2.75, 3.05) is 13.7 Å². The highest BCUT2D eigenvalue weighted by Gasteiger charge is 2.47. The van der Waals surface area contributed by atoms with Gasteiger partial charge in [-0.25, -0.2) is 4.79 Å². The van der Waals surface area contributed by atoms with Gasteiger partial charge >= 0.3 is 11.9 Å². The summed E-state index contributed by atoms with van der Waals surface area (Å²) in [5, 5.41) is 3.27. The molecule has 4 atom stereocenters. The lowest BCUT2D eigenvalue weighted by Gasteiger charge is -2.38. The number of ether oxygens (including phenoxy) is 3. The summed E-state index contributed by atoms with van der Waals surface area (Å²) < 4.78 is 16.2. The minimum absolute atomic E-state index is 0.224. The normalized spacial score (nSPS) is 23.5. The van der Waals surface area contributed by atoms with Crippen molar-refractivity contribution in [3.05, 3.63) is 52.4 Å². The van der Waals surface area contributed by atoms with Crippen molar-refractivity contribution < 1.29 is 28.6 Å². The first-order valence-electron chi connectivity index (χ1n) is 11.5. The molecule has 1 aromatic rings. The fourth-order valence-corrected chi connectivity index (χ4v) is 4.54. The minimum atomic E-state index is -0.911. The van der Waals surface area contributed by atoms with Crippen LogP contribution in [0.4, 0.5) is 0 Å².